The summed E-state index contributed by atoms with van der Waals surface area (Å²) in [4.78, 5) is 32.1. The van der Waals surface area contributed by atoms with Gasteiger partial charge in [0.1, 0.15) is 11.4 Å². The Balaban J connectivity index is 2.24. The number of carboxylic acids is 1. The van der Waals surface area contributed by atoms with Crippen molar-refractivity contribution < 1.29 is 19.4 Å². The first-order valence-electron chi connectivity index (χ1n) is 9.96. The lowest BCUT2D eigenvalue weighted by Gasteiger charge is -2.31. The Bertz CT molecular complexity index is 745. The Morgan fingerprint density at radius 3 is 2.48 bits per heavy atom. The maximum atomic E-state index is 13.0. The molecule has 0 unspecified atom stereocenters. The molecule has 7 nitrogen and oxygen atoms in total. The second-order valence-corrected chi connectivity index (χ2v) is 9.71. The molecule has 1 N–H and O–H groups in total. The summed E-state index contributed by atoms with van der Waals surface area (Å²) < 4.78 is 5.65. The molecule has 0 aromatic carbocycles. The van der Waals surface area contributed by atoms with Gasteiger partial charge in [0, 0.05) is 31.9 Å². The molecule has 1 aliphatic rings. The molecule has 0 bridgehead atoms. The summed E-state index contributed by atoms with van der Waals surface area (Å²) in [7, 11) is 0. The van der Waals surface area contributed by atoms with Crippen LogP contribution < -0.4 is 4.90 Å². The van der Waals surface area contributed by atoms with Gasteiger partial charge in [-0.25, -0.2) is 14.6 Å². The van der Waals surface area contributed by atoms with E-state index in [0.29, 0.717) is 11.4 Å². The first-order chi connectivity index (χ1) is 13.3. The molecule has 7 heteroatoms. The Kier molecular flexibility index (Phi) is 7.06. The second kappa shape index (κ2) is 8.95. The molecule has 0 aliphatic carbocycles. The summed E-state index contributed by atoms with van der Waals surface area (Å²) in [5.41, 5.74) is 0.228. The van der Waals surface area contributed by atoms with E-state index in [-0.39, 0.29) is 11.5 Å². The number of carbonyl (C=O) groups is 2. The van der Waals surface area contributed by atoms with Crippen LogP contribution in [0.25, 0.3) is 6.08 Å². The molecule has 1 amide bonds. The minimum Gasteiger partial charge on any atom is -0.478 e. The fraction of sp³-hybridized carbons (Fsp3) is 0.591. The molecule has 2 rings (SSSR count). The molecular formula is C22H33N3O4. The normalized spacial score (nSPS) is 18.2. The number of carbonyl (C=O) groups excluding carboxylic acids is 1. The summed E-state index contributed by atoms with van der Waals surface area (Å²) in [6.45, 7) is 14.8. The number of anilines is 1. The van der Waals surface area contributed by atoms with Gasteiger partial charge in [-0.3, -0.25) is 4.90 Å². The van der Waals surface area contributed by atoms with E-state index in [2.05, 4.69) is 30.7 Å². The lowest BCUT2D eigenvalue weighted by Crippen LogP contribution is -2.45. The molecule has 1 aliphatic heterocycles. The summed E-state index contributed by atoms with van der Waals surface area (Å²) in [6, 6.07) is 3.46. The van der Waals surface area contributed by atoms with Crippen LogP contribution in [0.15, 0.2) is 24.4 Å². The van der Waals surface area contributed by atoms with Gasteiger partial charge in [0.2, 0.25) is 0 Å². The number of ether oxygens (including phenoxy) is 1. The van der Waals surface area contributed by atoms with E-state index >= 15 is 0 Å². The number of pyridine rings is 1. The Morgan fingerprint density at radius 1 is 1.28 bits per heavy atom. The highest BCUT2D eigenvalue weighted by molar-refractivity contribution is 5.88. The number of carboxylic acid groups (broad SMARTS) is 1. The van der Waals surface area contributed by atoms with Gasteiger partial charge >= 0.3 is 12.1 Å². The second-order valence-electron chi connectivity index (χ2n) is 9.71. The zero-order valence-corrected chi connectivity index (χ0v) is 18.3. The van der Waals surface area contributed by atoms with E-state index in [1.165, 1.54) is 6.08 Å². The number of hydrogen-bond acceptors (Lipinski definition) is 5. The van der Waals surface area contributed by atoms with Crippen LogP contribution >= 0.6 is 0 Å². The first kappa shape index (κ1) is 22.9. The third kappa shape index (κ3) is 7.49. The van der Waals surface area contributed by atoms with Crippen molar-refractivity contribution in [2.75, 3.05) is 24.5 Å². The average molecular weight is 404 g/mol. The van der Waals surface area contributed by atoms with Gasteiger partial charge in [0.05, 0.1) is 6.04 Å². The number of rotatable bonds is 5. The summed E-state index contributed by atoms with van der Waals surface area (Å²) in [6.07, 6.45) is 4.52. The lowest BCUT2D eigenvalue weighted by molar-refractivity contribution is -0.131. The smallest absolute Gasteiger partial charge is 0.416 e. The lowest BCUT2D eigenvalue weighted by atomic mass is 9.96. The number of amides is 1. The van der Waals surface area contributed by atoms with Gasteiger partial charge in [-0.2, -0.15) is 0 Å². The molecular weight excluding hydrogens is 370 g/mol. The minimum atomic E-state index is -1.02. The standard InChI is InChI=1S/C22H33N3O4/c1-21(2,3)15-24-12-11-17(14-24)25(20(28)29-22(4,5)6)18-9-7-16(13-23-18)8-10-19(26)27/h7-10,13,17H,11-12,14-15H2,1-6H3,(H,26,27)/t17-/m1/s1. The number of aliphatic carboxylic acids is 1. The quantitative estimate of drug-likeness (QED) is 0.747. The van der Waals surface area contributed by atoms with E-state index in [0.717, 1.165) is 32.1 Å². The fourth-order valence-corrected chi connectivity index (χ4v) is 3.38. The largest absolute Gasteiger partial charge is 0.478 e. The van der Waals surface area contributed by atoms with Crippen molar-refractivity contribution in [3.63, 3.8) is 0 Å². The fourth-order valence-electron chi connectivity index (χ4n) is 3.38. The Labute approximate surface area is 173 Å². The Morgan fingerprint density at radius 2 is 1.97 bits per heavy atom. The van der Waals surface area contributed by atoms with E-state index in [1.807, 2.05) is 20.8 Å². The summed E-state index contributed by atoms with van der Waals surface area (Å²) >= 11 is 0. The highest BCUT2D eigenvalue weighted by atomic mass is 16.6. The van der Waals surface area contributed by atoms with Crippen LogP contribution in [-0.4, -0.2) is 58.3 Å². The van der Waals surface area contributed by atoms with Crippen LogP contribution in [-0.2, 0) is 9.53 Å². The zero-order chi connectivity index (χ0) is 21.8. The highest BCUT2D eigenvalue weighted by Gasteiger charge is 2.36. The van der Waals surface area contributed by atoms with Gasteiger partial charge in [0.25, 0.3) is 0 Å². The number of aromatic nitrogens is 1. The molecule has 1 atom stereocenters. The van der Waals surface area contributed by atoms with Crippen LogP contribution in [0.5, 0.6) is 0 Å². The van der Waals surface area contributed by atoms with E-state index in [1.54, 1.807) is 23.2 Å². The topological polar surface area (TPSA) is 83.0 Å². The third-order valence-electron chi connectivity index (χ3n) is 4.34. The van der Waals surface area contributed by atoms with Crippen molar-refractivity contribution in [3.05, 3.63) is 30.0 Å². The number of likely N-dealkylation sites (tertiary alicyclic amines) is 1. The van der Waals surface area contributed by atoms with Crippen LogP contribution in [0, 0.1) is 5.41 Å². The highest BCUT2D eigenvalue weighted by Crippen LogP contribution is 2.27. The average Bonchev–Trinajstić information content (AvgIpc) is 2.98. The van der Waals surface area contributed by atoms with Crippen molar-refractivity contribution in [2.24, 2.45) is 5.41 Å². The van der Waals surface area contributed by atoms with Crippen LogP contribution in [0.1, 0.15) is 53.5 Å². The van der Waals surface area contributed by atoms with E-state index in [4.69, 9.17) is 9.84 Å². The predicted octanol–water partition coefficient (Wildman–Crippen LogP) is 4.04. The third-order valence-corrected chi connectivity index (χ3v) is 4.34. The molecule has 1 fully saturated rings. The van der Waals surface area contributed by atoms with Crippen molar-refractivity contribution >= 4 is 24.0 Å². The van der Waals surface area contributed by atoms with Gasteiger partial charge in [-0.05, 0) is 56.4 Å². The molecule has 0 saturated carbocycles. The van der Waals surface area contributed by atoms with Gasteiger partial charge in [0.15, 0.2) is 0 Å². The van der Waals surface area contributed by atoms with Gasteiger partial charge < -0.3 is 14.7 Å². The molecule has 160 valence electrons. The van der Waals surface area contributed by atoms with E-state index < -0.39 is 17.7 Å². The monoisotopic (exact) mass is 403 g/mol. The predicted molar refractivity (Wildman–Crippen MR) is 114 cm³/mol. The van der Waals surface area contributed by atoms with Crippen molar-refractivity contribution in [2.45, 2.75) is 59.6 Å². The van der Waals surface area contributed by atoms with E-state index in [9.17, 15) is 9.59 Å². The van der Waals surface area contributed by atoms with Crippen LogP contribution in [0.4, 0.5) is 10.6 Å². The molecule has 1 aromatic heterocycles. The van der Waals surface area contributed by atoms with Crippen molar-refractivity contribution in [1.82, 2.24) is 9.88 Å². The van der Waals surface area contributed by atoms with Gasteiger partial charge in [-0.1, -0.05) is 20.8 Å². The molecule has 0 spiro atoms. The number of nitrogens with zero attached hydrogens (tertiary/aromatic N) is 3. The van der Waals surface area contributed by atoms with Crippen LogP contribution in [0.3, 0.4) is 0 Å². The summed E-state index contributed by atoms with van der Waals surface area (Å²) in [5, 5.41) is 8.77. The Hall–Kier alpha value is -2.41. The summed E-state index contributed by atoms with van der Waals surface area (Å²) in [5.74, 6) is -0.510. The molecule has 0 radical (unpaired) electrons. The van der Waals surface area contributed by atoms with Crippen molar-refractivity contribution in [1.29, 1.82) is 0 Å². The van der Waals surface area contributed by atoms with Gasteiger partial charge in [-0.15, -0.1) is 0 Å². The SMILES string of the molecule is CC(C)(C)CN1CC[C@@H](N(C(=O)OC(C)(C)C)c2ccc(C=CC(=O)O)cn2)C1. The molecule has 1 saturated heterocycles. The maximum absolute atomic E-state index is 13.0. The number of hydrogen-bond donors (Lipinski definition) is 1. The zero-order valence-electron chi connectivity index (χ0n) is 18.3. The van der Waals surface area contributed by atoms with Crippen LogP contribution in [0.2, 0.25) is 0 Å². The van der Waals surface area contributed by atoms with Crippen molar-refractivity contribution in [3.8, 4) is 0 Å². The molecule has 2 heterocycles. The first-order valence-corrected chi connectivity index (χ1v) is 9.96. The maximum Gasteiger partial charge on any atom is 0.416 e. The minimum absolute atomic E-state index is 0.0277. The molecule has 29 heavy (non-hydrogen) atoms. The molecule has 1 aromatic rings.